The first kappa shape index (κ1) is 20.7. The van der Waals surface area contributed by atoms with Gasteiger partial charge < -0.3 is 9.88 Å². The van der Waals surface area contributed by atoms with Gasteiger partial charge in [-0.15, -0.1) is 0 Å². The standard InChI is InChI=1S/C25H28FN5O/c1-3-29-21-10-7-18(15-22(21)30(4-2)25(29)32)24-23(17-5-8-19(26)9-6-17)28-16-31(24)20-11-13-27-14-12-20/h5-10,15-16,20,27H,3-4,11-14H2,1-2H3. The first-order valence-electron chi connectivity index (χ1n) is 11.4. The molecular formula is C25H28FN5O. The van der Waals surface area contributed by atoms with Gasteiger partial charge in [-0.25, -0.2) is 14.2 Å². The summed E-state index contributed by atoms with van der Waals surface area (Å²) in [6, 6.07) is 13.1. The van der Waals surface area contributed by atoms with Crippen molar-refractivity contribution >= 4 is 11.0 Å². The Labute approximate surface area is 186 Å². The molecule has 0 spiro atoms. The summed E-state index contributed by atoms with van der Waals surface area (Å²) in [5.41, 5.74) is 5.65. The number of rotatable bonds is 5. The Morgan fingerprint density at radius 3 is 2.31 bits per heavy atom. The average Bonchev–Trinajstić information content (AvgIpc) is 3.38. The van der Waals surface area contributed by atoms with Crippen molar-refractivity contribution in [2.24, 2.45) is 0 Å². The zero-order chi connectivity index (χ0) is 22.2. The fourth-order valence-electron chi connectivity index (χ4n) is 4.91. The Morgan fingerprint density at radius 1 is 0.969 bits per heavy atom. The van der Waals surface area contributed by atoms with Crippen LogP contribution in [0.1, 0.15) is 32.7 Å². The van der Waals surface area contributed by atoms with Crippen molar-refractivity contribution in [1.29, 1.82) is 0 Å². The Hall–Kier alpha value is -3.19. The summed E-state index contributed by atoms with van der Waals surface area (Å²) in [5, 5.41) is 3.43. The average molecular weight is 434 g/mol. The first-order chi connectivity index (χ1) is 15.6. The van der Waals surface area contributed by atoms with Crippen LogP contribution < -0.4 is 11.0 Å². The van der Waals surface area contributed by atoms with Crippen LogP contribution in [0, 0.1) is 5.82 Å². The van der Waals surface area contributed by atoms with Gasteiger partial charge in [0.1, 0.15) is 5.82 Å². The number of aryl methyl sites for hydroxylation is 2. The van der Waals surface area contributed by atoms with Gasteiger partial charge in [-0.1, -0.05) is 6.07 Å². The Balaban J connectivity index is 1.73. The van der Waals surface area contributed by atoms with Gasteiger partial charge in [0.2, 0.25) is 0 Å². The Kier molecular flexibility index (Phi) is 5.43. The molecule has 0 bridgehead atoms. The van der Waals surface area contributed by atoms with Crippen LogP contribution in [-0.2, 0) is 13.1 Å². The second-order valence-electron chi connectivity index (χ2n) is 8.31. The molecule has 6 nitrogen and oxygen atoms in total. The highest BCUT2D eigenvalue weighted by Crippen LogP contribution is 2.36. The van der Waals surface area contributed by atoms with Gasteiger partial charge in [0.05, 0.1) is 28.7 Å². The van der Waals surface area contributed by atoms with Gasteiger partial charge in [0, 0.05) is 30.3 Å². The molecule has 1 N–H and O–H groups in total. The van der Waals surface area contributed by atoms with E-state index in [2.05, 4.69) is 22.0 Å². The number of benzene rings is 2. The number of fused-ring (bicyclic) bond motifs is 1. The van der Waals surface area contributed by atoms with Crippen LogP contribution in [0.2, 0.25) is 0 Å². The van der Waals surface area contributed by atoms with E-state index in [0.717, 1.165) is 59.5 Å². The topological polar surface area (TPSA) is 56.8 Å². The van der Waals surface area contributed by atoms with Crippen LogP contribution in [0.3, 0.4) is 0 Å². The van der Waals surface area contributed by atoms with Crippen LogP contribution in [-0.4, -0.2) is 31.8 Å². The Bertz CT molecular complexity index is 1310. The molecule has 4 aromatic rings. The van der Waals surface area contributed by atoms with Gasteiger partial charge in [-0.3, -0.25) is 9.13 Å². The summed E-state index contributed by atoms with van der Waals surface area (Å²) >= 11 is 0. The van der Waals surface area contributed by atoms with Gasteiger partial charge in [0.25, 0.3) is 0 Å². The molecule has 0 radical (unpaired) electrons. The number of aromatic nitrogens is 4. The molecule has 1 fully saturated rings. The van der Waals surface area contributed by atoms with E-state index in [1.54, 1.807) is 12.1 Å². The normalized spacial score (nSPS) is 15.0. The van der Waals surface area contributed by atoms with Crippen molar-refractivity contribution in [3.63, 3.8) is 0 Å². The van der Waals surface area contributed by atoms with Crippen LogP contribution in [0.25, 0.3) is 33.5 Å². The molecule has 1 aliphatic rings. The fraction of sp³-hybridized carbons (Fsp3) is 0.360. The van der Waals surface area contributed by atoms with E-state index in [1.807, 2.05) is 35.4 Å². The monoisotopic (exact) mass is 433 g/mol. The third-order valence-corrected chi connectivity index (χ3v) is 6.54. The van der Waals surface area contributed by atoms with Crippen LogP contribution in [0.4, 0.5) is 4.39 Å². The molecule has 32 heavy (non-hydrogen) atoms. The maximum absolute atomic E-state index is 13.6. The molecule has 7 heteroatoms. The third-order valence-electron chi connectivity index (χ3n) is 6.54. The van der Waals surface area contributed by atoms with Crippen molar-refractivity contribution in [2.75, 3.05) is 13.1 Å². The lowest BCUT2D eigenvalue weighted by Gasteiger charge is -2.26. The van der Waals surface area contributed by atoms with Crippen molar-refractivity contribution in [3.05, 3.63) is 65.1 Å². The number of imidazole rings is 2. The highest BCUT2D eigenvalue weighted by atomic mass is 19.1. The summed E-state index contributed by atoms with van der Waals surface area (Å²) in [6.45, 7) is 7.19. The zero-order valence-corrected chi connectivity index (χ0v) is 18.5. The lowest BCUT2D eigenvalue weighted by Crippen LogP contribution is -2.29. The molecule has 1 saturated heterocycles. The molecule has 0 aliphatic carbocycles. The van der Waals surface area contributed by atoms with E-state index in [4.69, 9.17) is 4.98 Å². The Morgan fingerprint density at radius 2 is 1.62 bits per heavy atom. The van der Waals surface area contributed by atoms with E-state index in [9.17, 15) is 9.18 Å². The summed E-state index contributed by atoms with van der Waals surface area (Å²) in [5.74, 6) is -0.262. The lowest BCUT2D eigenvalue weighted by atomic mass is 10.0. The number of hydrogen-bond donors (Lipinski definition) is 1. The quantitative estimate of drug-likeness (QED) is 0.506. The molecule has 0 atom stereocenters. The molecule has 2 aromatic heterocycles. The largest absolute Gasteiger partial charge is 0.329 e. The SMILES string of the molecule is CCn1c(=O)n(CC)c2cc(-c3c(-c4ccc(F)cc4)ncn3C3CCNCC3)ccc21. The molecule has 2 aromatic carbocycles. The number of nitrogens with zero attached hydrogens (tertiary/aromatic N) is 4. The van der Waals surface area contributed by atoms with Crippen molar-refractivity contribution in [1.82, 2.24) is 24.0 Å². The predicted molar refractivity (Wildman–Crippen MR) is 125 cm³/mol. The minimum Gasteiger partial charge on any atom is -0.327 e. The number of nitrogens with one attached hydrogen (secondary N) is 1. The number of halogens is 1. The second kappa shape index (κ2) is 8.39. The van der Waals surface area contributed by atoms with Gasteiger partial charge in [-0.05, 0) is 76.2 Å². The minimum absolute atomic E-state index is 0.0211. The van der Waals surface area contributed by atoms with Crippen LogP contribution in [0.15, 0.2) is 53.6 Å². The highest BCUT2D eigenvalue weighted by molar-refractivity contribution is 5.86. The lowest BCUT2D eigenvalue weighted by molar-refractivity contribution is 0.370. The molecule has 5 rings (SSSR count). The smallest absolute Gasteiger partial charge is 0.327 e. The van der Waals surface area contributed by atoms with Crippen LogP contribution in [0.5, 0.6) is 0 Å². The maximum Gasteiger partial charge on any atom is 0.329 e. The second-order valence-corrected chi connectivity index (χ2v) is 8.31. The first-order valence-corrected chi connectivity index (χ1v) is 11.4. The van der Waals surface area contributed by atoms with Crippen molar-refractivity contribution in [3.8, 4) is 22.5 Å². The zero-order valence-electron chi connectivity index (χ0n) is 18.5. The molecular weight excluding hydrogens is 405 g/mol. The van der Waals surface area contributed by atoms with Crippen molar-refractivity contribution < 1.29 is 4.39 Å². The predicted octanol–water partition coefficient (Wildman–Crippen LogP) is 4.44. The van der Waals surface area contributed by atoms with E-state index >= 15 is 0 Å². The van der Waals surface area contributed by atoms with Gasteiger partial charge in [-0.2, -0.15) is 0 Å². The molecule has 0 saturated carbocycles. The summed E-state index contributed by atoms with van der Waals surface area (Å²) in [6.07, 6.45) is 3.97. The highest BCUT2D eigenvalue weighted by Gasteiger charge is 2.23. The summed E-state index contributed by atoms with van der Waals surface area (Å²) < 4.78 is 19.5. The maximum atomic E-state index is 13.6. The molecule has 0 amide bonds. The van der Waals surface area contributed by atoms with Crippen LogP contribution >= 0.6 is 0 Å². The fourth-order valence-corrected chi connectivity index (χ4v) is 4.91. The van der Waals surface area contributed by atoms with E-state index in [1.165, 1.54) is 12.1 Å². The summed E-state index contributed by atoms with van der Waals surface area (Å²) in [7, 11) is 0. The molecule has 166 valence electrons. The molecule has 3 heterocycles. The molecule has 1 aliphatic heterocycles. The van der Waals surface area contributed by atoms with E-state index < -0.39 is 0 Å². The number of hydrogen-bond acceptors (Lipinski definition) is 3. The minimum atomic E-state index is -0.262. The summed E-state index contributed by atoms with van der Waals surface area (Å²) in [4.78, 5) is 17.6. The number of piperidine rings is 1. The molecule has 0 unspecified atom stereocenters. The van der Waals surface area contributed by atoms with Gasteiger partial charge in [0.15, 0.2) is 0 Å². The van der Waals surface area contributed by atoms with E-state index in [-0.39, 0.29) is 11.5 Å². The van der Waals surface area contributed by atoms with Crippen molar-refractivity contribution in [2.45, 2.75) is 45.8 Å². The third kappa shape index (κ3) is 3.37. The van der Waals surface area contributed by atoms with Gasteiger partial charge >= 0.3 is 5.69 Å². The van der Waals surface area contributed by atoms with E-state index in [0.29, 0.717) is 19.1 Å².